The molecule has 2 aliphatic rings. The van der Waals surface area contributed by atoms with E-state index in [0.717, 1.165) is 38.9 Å². The van der Waals surface area contributed by atoms with E-state index in [1.54, 1.807) is 50.2 Å². The molecule has 4 aromatic carbocycles. The average molecular weight is 656 g/mol. The van der Waals surface area contributed by atoms with Gasteiger partial charge in [-0.05, 0) is 28.8 Å². The number of phenolic OH excluding ortho intramolecular Hbond substituents is 1. The number of urea groups is 1. The van der Waals surface area contributed by atoms with Crippen LogP contribution in [0, 0.1) is 0 Å². The molecule has 0 spiro atoms. The highest BCUT2D eigenvalue weighted by Crippen LogP contribution is 2.32. The minimum atomic E-state index is -0.882. The fourth-order valence-electron chi connectivity index (χ4n) is 6.81. The van der Waals surface area contributed by atoms with Crippen LogP contribution >= 0.6 is 0 Å². The molecule has 0 unspecified atom stereocenters. The summed E-state index contributed by atoms with van der Waals surface area (Å²) < 4.78 is 0. The first-order chi connectivity index (χ1) is 23.9. The Balaban J connectivity index is 1.25. The molecule has 0 aliphatic carbocycles. The maximum absolute atomic E-state index is 14.5. The Bertz CT molecular complexity index is 1980. The van der Waals surface area contributed by atoms with Gasteiger partial charge in [0.2, 0.25) is 11.8 Å². The summed E-state index contributed by atoms with van der Waals surface area (Å²) in [5, 5.41) is 24.9. The molecule has 11 heteroatoms. The highest BCUT2D eigenvalue weighted by molar-refractivity contribution is 5.95. The third-order valence-electron chi connectivity index (χ3n) is 9.12. The maximum atomic E-state index is 14.5. The smallest absolute Gasteiger partial charge is 0.334 e. The summed E-state index contributed by atoms with van der Waals surface area (Å²) in [6.45, 7) is 4.67. The van der Waals surface area contributed by atoms with E-state index in [1.165, 1.54) is 0 Å². The zero-order chi connectivity index (χ0) is 33.9. The van der Waals surface area contributed by atoms with Gasteiger partial charge >= 0.3 is 6.03 Å². The van der Waals surface area contributed by atoms with Gasteiger partial charge in [-0.15, -0.1) is 6.58 Å². The third-order valence-corrected chi connectivity index (χ3v) is 9.12. The quantitative estimate of drug-likeness (QED) is 0.198. The molecule has 2 saturated heterocycles. The van der Waals surface area contributed by atoms with Gasteiger partial charge in [0.05, 0.1) is 24.3 Å². The molecule has 7 rings (SSSR count). The van der Waals surface area contributed by atoms with E-state index in [9.17, 15) is 19.5 Å². The van der Waals surface area contributed by atoms with E-state index in [-0.39, 0.29) is 56.2 Å². The number of amides is 4. The van der Waals surface area contributed by atoms with Crippen molar-refractivity contribution in [3.05, 3.63) is 132 Å². The SMILES string of the molecule is C=CCN1CC(=O)N2[C@@H](Cc3ccc(O)cc3)C(=O)N(Cc3cccc4c(-c5ccccc5)n[nH]c34)C[C@@H]2N1C(=O)NCc1ccccc1. The van der Waals surface area contributed by atoms with Crippen molar-refractivity contribution in [3.8, 4) is 17.0 Å². The number of aromatic nitrogens is 2. The van der Waals surface area contributed by atoms with E-state index in [2.05, 4.69) is 22.1 Å². The standard InChI is InChI=1S/C38H37N7O4/c1-2-20-43-25-34(47)44-32(21-26-16-18-30(46)19-17-26)37(48)42(24-33(44)45(43)38(49)39-22-27-10-5-3-6-11-27)23-29-14-9-15-31-35(40-41-36(29)31)28-12-7-4-8-13-28/h2-19,32-33,46H,1,20-25H2,(H,39,49)(H,40,41)/t32-,33-/m0/s1. The van der Waals surface area contributed by atoms with E-state index in [1.807, 2.05) is 78.9 Å². The number of benzene rings is 4. The number of H-pyrrole nitrogens is 1. The lowest BCUT2D eigenvalue weighted by molar-refractivity contribution is -0.189. The van der Waals surface area contributed by atoms with Crippen molar-refractivity contribution in [2.75, 3.05) is 19.6 Å². The summed E-state index contributed by atoms with van der Waals surface area (Å²) in [5.41, 5.74) is 5.19. The average Bonchev–Trinajstić information content (AvgIpc) is 3.56. The monoisotopic (exact) mass is 655 g/mol. The predicted molar refractivity (Wildman–Crippen MR) is 185 cm³/mol. The molecule has 3 heterocycles. The lowest BCUT2D eigenvalue weighted by Crippen LogP contribution is -2.76. The Morgan fingerprint density at radius 3 is 2.41 bits per heavy atom. The van der Waals surface area contributed by atoms with E-state index in [4.69, 9.17) is 0 Å². The first-order valence-electron chi connectivity index (χ1n) is 16.3. The number of hydrazine groups is 1. The van der Waals surface area contributed by atoms with Gasteiger partial charge in [0.25, 0.3) is 0 Å². The minimum absolute atomic E-state index is 0.0870. The Hall–Kier alpha value is -5.94. The molecule has 1 aromatic heterocycles. The van der Waals surface area contributed by atoms with Crippen molar-refractivity contribution in [1.82, 2.24) is 35.3 Å². The summed E-state index contributed by atoms with van der Waals surface area (Å²) in [4.78, 5) is 45.7. The molecule has 0 saturated carbocycles. The van der Waals surface area contributed by atoms with Gasteiger partial charge in [-0.2, -0.15) is 5.10 Å². The van der Waals surface area contributed by atoms with Gasteiger partial charge in [0.1, 0.15) is 18.0 Å². The van der Waals surface area contributed by atoms with Crippen molar-refractivity contribution < 1.29 is 19.5 Å². The topological polar surface area (TPSA) is 125 Å². The largest absolute Gasteiger partial charge is 0.508 e. The molecule has 0 radical (unpaired) electrons. The van der Waals surface area contributed by atoms with Crippen LogP contribution in [0.3, 0.4) is 0 Å². The fraction of sp³-hybridized carbons (Fsp3) is 0.211. The molecule has 0 bridgehead atoms. The second-order valence-electron chi connectivity index (χ2n) is 12.3. The van der Waals surface area contributed by atoms with Crippen LogP contribution < -0.4 is 5.32 Å². The number of carbonyl (C=O) groups excluding carboxylic acids is 3. The van der Waals surface area contributed by atoms with Crippen molar-refractivity contribution in [2.24, 2.45) is 0 Å². The van der Waals surface area contributed by atoms with Crippen molar-refractivity contribution in [1.29, 1.82) is 0 Å². The molecule has 2 fully saturated rings. The van der Waals surface area contributed by atoms with Crippen LogP contribution in [0.4, 0.5) is 4.79 Å². The van der Waals surface area contributed by atoms with Gasteiger partial charge in [-0.3, -0.25) is 14.7 Å². The molecule has 2 atom stereocenters. The predicted octanol–water partition coefficient (Wildman–Crippen LogP) is 4.67. The number of carbonyl (C=O) groups is 3. The third kappa shape index (κ3) is 6.35. The molecule has 248 valence electrons. The summed E-state index contributed by atoms with van der Waals surface area (Å²) in [7, 11) is 0. The Labute approximate surface area is 284 Å². The first-order valence-corrected chi connectivity index (χ1v) is 16.3. The van der Waals surface area contributed by atoms with Gasteiger partial charge in [0, 0.05) is 37.0 Å². The van der Waals surface area contributed by atoms with Crippen molar-refractivity contribution in [2.45, 2.75) is 31.7 Å². The summed E-state index contributed by atoms with van der Waals surface area (Å²) in [5.74, 6) is -0.366. The Morgan fingerprint density at radius 1 is 0.939 bits per heavy atom. The van der Waals surface area contributed by atoms with Gasteiger partial charge in [-0.25, -0.2) is 14.8 Å². The van der Waals surface area contributed by atoms with Crippen LogP contribution in [0.5, 0.6) is 5.75 Å². The molecule has 49 heavy (non-hydrogen) atoms. The van der Waals surface area contributed by atoms with Gasteiger partial charge in [0.15, 0.2) is 0 Å². The lowest BCUT2D eigenvalue weighted by atomic mass is 9.98. The van der Waals surface area contributed by atoms with Crippen LogP contribution in [-0.4, -0.2) is 84.8 Å². The number of aromatic amines is 1. The first kappa shape index (κ1) is 31.6. The Morgan fingerprint density at radius 2 is 1.67 bits per heavy atom. The number of piperazine rings is 1. The number of hydrogen-bond donors (Lipinski definition) is 3. The van der Waals surface area contributed by atoms with Gasteiger partial charge < -0.3 is 20.2 Å². The zero-order valence-electron chi connectivity index (χ0n) is 26.9. The highest BCUT2D eigenvalue weighted by atomic mass is 16.3. The van der Waals surface area contributed by atoms with E-state index < -0.39 is 12.2 Å². The van der Waals surface area contributed by atoms with Crippen LogP contribution in [0.1, 0.15) is 16.7 Å². The summed E-state index contributed by atoms with van der Waals surface area (Å²) >= 11 is 0. The molecular formula is C38H37N7O4. The molecule has 2 aliphatic heterocycles. The highest BCUT2D eigenvalue weighted by Gasteiger charge is 2.51. The number of nitrogens with one attached hydrogen (secondary N) is 2. The zero-order valence-corrected chi connectivity index (χ0v) is 26.9. The molecule has 3 N–H and O–H groups in total. The van der Waals surface area contributed by atoms with Crippen LogP contribution in [0.25, 0.3) is 22.2 Å². The molecule has 5 aromatic rings. The number of aromatic hydroxyl groups is 1. The van der Waals surface area contributed by atoms with Crippen molar-refractivity contribution in [3.63, 3.8) is 0 Å². The molecule has 11 nitrogen and oxygen atoms in total. The summed E-state index contributed by atoms with van der Waals surface area (Å²) in [6, 6.07) is 30.8. The fourth-order valence-corrected chi connectivity index (χ4v) is 6.81. The number of rotatable bonds is 9. The molecular weight excluding hydrogens is 618 g/mol. The van der Waals surface area contributed by atoms with Crippen LogP contribution in [0.2, 0.25) is 0 Å². The maximum Gasteiger partial charge on any atom is 0.334 e. The second-order valence-corrected chi connectivity index (χ2v) is 12.3. The summed E-state index contributed by atoms with van der Waals surface area (Å²) in [6.07, 6.45) is 1.09. The van der Waals surface area contributed by atoms with Gasteiger partial charge in [-0.1, -0.05) is 97.1 Å². The number of para-hydroxylation sites is 1. The Kier molecular flexibility index (Phi) is 8.82. The van der Waals surface area contributed by atoms with Crippen LogP contribution in [0.15, 0.2) is 116 Å². The second kappa shape index (κ2) is 13.7. The number of fused-ring (bicyclic) bond motifs is 2. The normalized spacial score (nSPS) is 18.1. The number of hydrogen-bond acceptors (Lipinski definition) is 6. The minimum Gasteiger partial charge on any atom is -0.508 e. The van der Waals surface area contributed by atoms with Crippen LogP contribution in [-0.2, 0) is 29.1 Å². The lowest BCUT2D eigenvalue weighted by Gasteiger charge is -2.55. The van der Waals surface area contributed by atoms with Crippen molar-refractivity contribution >= 4 is 28.7 Å². The molecule has 4 amide bonds. The number of phenols is 1. The van der Waals surface area contributed by atoms with E-state index in [0.29, 0.717) is 6.54 Å². The number of nitrogens with zero attached hydrogens (tertiary/aromatic N) is 5. The van der Waals surface area contributed by atoms with E-state index >= 15 is 0 Å².